The highest BCUT2D eigenvalue weighted by molar-refractivity contribution is 6.19. The predicted octanol–water partition coefficient (Wildman–Crippen LogP) is 6.51. The lowest BCUT2D eigenvalue weighted by molar-refractivity contribution is -0.141. The van der Waals surface area contributed by atoms with E-state index in [4.69, 9.17) is 14.6 Å². The second-order valence-electron chi connectivity index (χ2n) is 10.6. The lowest BCUT2D eigenvalue weighted by atomic mass is 9.93. The molecule has 0 fully saturated rings. The van der Waals surface area contributed by atoms with Crippen LogP contribution in [0.5, 0.6) is 5.75 Å². The highest BCUT2D eigenvalue weighted by atomic mass is 16.5. The van der Waals surface area contributed by atoms with Gasteiger partial charge >= 0.3 is 0 Å². The SMILES string of the molecule is COCCN1C(=O)C(C#N)=C(C)/C(=C\c2cn(-c3ccccc3)nc2-c2ccc(OCc3cccc4ccccc34)cc2)C1=O. The van der Waals surface area contributed by atoms with E-state index in [2.05, 4.69) is 24.3 Å². The Bertz CT molecular complexity index is 1990. The van der Waals surface area contributed by atoms with Gasteiger partial charge in [0.2, 0.25) is 0 Å². The number of aromatic nitrogens is 2. The number of methoxy groups -OCH3 is 1. The Hall–Kier alpha value is -5.78. The Morgan fingerprint density at radius 3 is 2.38 bits per heavy atom. The van der Waals surface area contributed by atoms with Gasteiger partial charge in [-0.2, -0.15) is 10.4 Å². The Balaban J connectivity index is 1.36. The number of nitriles is 1. The first-order chi connectivity index (χ1) is 22.0. The van der Waals surface area contributed by atoms with E-state index in [1.807, 2.05) is 85.1 Å². The Morgan fingerprint density at radius 1 is 0.889 bits per heavy atom. The van der Waals surface area contributed by atoms with Crippen LogP contribution < -0.4 is 4.74 Å². The van der Waals surface area contributed by atoms with Crippen LogP contribution in [0.1, 0.15) is 18.1 Å². The topological polar surface area (TPSA) is 97.5 Å². The molecule has 0 N–H and O–H groups in total. The van der Waals surface area contributed by atoms with Crippen LogP contribution in [0, 0.1) is 11.3 Å². The summed E-state index contributed by atoms with van der Waals surface area (Å²) in [6, 6.07) is 33.7. The number of carbonyl (C=O) groups is 2. The fourth-order valence-corrected chi connectivity index (χ4v) is 5.39. The minimum atomic E-state index is -0.617. The van der Waals surface area contributed by atoms with E-state index in [1.165, 1.54) is 12.5 Å². The number of rotatable bonds is 9. The third kappa shape index (κ3) is 5.90. The van der Waals surface area contributed by atoms with Crippen LogP contribution in [0.4, 0.5) is 0 Å². The first-order valence-corrected chi connectivity index (χ1v) is 14.5. The number of benzene rings is 4. The van der Waals surface area contributed by atoms with Gasteiger partial charge in [-0.05, 0) is 71.3 Å². The van der Waals surface area contributed by atoms with Crippen molar-refractivity contribution >= 4 is 28.7 Å². The number of hydrogen-bond donors (Lipinski definition) is 0. The quantitative estimate of drug-likeness (QED) is 0.143. The fraction of sp³-hybridized carbons (Fsp3) is 0.135. The third-order valence-corrected chi connectivity index (χ3v) is 7.81. The lowest BCUT2D eigenvalue weighted by Gasteiger charge is -2.27. The molecule has 2 heterocycles. The monoisotopic (exact) mass is 594 g/mol. The van der Waals surface area contributed by atoms with E-state index < -0.39 is 11.8 Å². The van der Waals surface area contributed by atoms with E-state index in [0.717, 1.165) is 27.1 Å². The zero-order valence-corrected chi connectivity index (χ0v) is 24.9. The Morgan fingerprint density at radius 2 is 1.62 bits per heavy atom. The summed E-state index contributed by atoms with van der Waals surface area (Å²) in [4.78, 5) is 27.5. The molecule has 0 radical (unpaired) electrons. The summed E-state index contributed by atoms with van der Waals surface area (Å²) in [5, 5.41) is 17.0. The Labute approximate surface area is 261 Å². The molecule has 8 heteroatoms. The highest BCUT2D eigenvalue weighted by Crippen LogP contribution is 2.32. The van der Waals surface area contributed by atoms with Crippen LogP contribution in [0.3, 0.4) is 0 Å². The molecule has 0 unspecified atom stereocenters. The van der Waals surface area contributed by atoms with Gasteiger partial charge in [-0.3, -0.25) is 14.5 Å². The second kappa shape index (κ2) is 12.8. The van der Waals surface area contributed by atoms with Gasteiger partial charge in [-0.25, -0.2) is 4.68 Å². The number of carbonyl (C=O) groups excluding carboxylic acids is 2. The van der Waals surface area contributed by atoms with Crippen molar-refractivity contribution in [2.45, 2.75) is 13.5 Å². The van der Waals surface area contributed by atoms with Gasteiger partial charge in [0.15, 0.2) is 0 Å². The zero-order chi connectivity index (χ0) is 31.3. The molecule has 222 valence electrons. The molecule has 1 aromatic heterocycles. The molecule has 45 heavy (non-hydrogen) atoms. The minimum Gasteiger partial charge on any atom is -0.489 e. The van der Waals surface area contributed by atoms with Gasteiger partial charge in [0.25, 0.3) is 11.8 Å². The molecule has 0 spiro atoms. The van der Waals surface area contributed by atoms with Crippen molar-refractivity contribution in [2.75, 3.05) is 20.3 Å². The maximum Gasteiger partial charge on any atom is 0.271 e. The van der Waals surface area contributed by atoms with Gasteiger partial charge in [-0.1, -0.05) is 60.7 Å². The van der Waals surface area contributed by atoms with Crippen LogP contribution in [0.2, 0.25) is 0 Å². The number of imide groups is 1. The van der Waals surface area contributed by atoms with E-state index in [9.17, 15) is 14.9 Å². The van der Waals surface area contributed by atoms with Gasteiger partial charge in [0.1, 0.15) is 24.0 Å². The first-order valence-electron chi connectivity index (χ1n) is 14.5. The van der Waals surface area contributed by atoms with E-state index in [-0.39, 0.29) is 24.3 Å². The van der Waals surface area contributed by atoms with E-state index in [1.54, 1.807) is 17.7 Å². The van der Waals surface area contributed by atoms with Crippen molar-refractivity contribution in [3.05, 3.63) is 131 Å². The first kappa shape index (κ1) is 29.3. The van der Waals surface area contributed by atoms with Crippen LogP contribution in [-0.4, -0.2) is 46.8 Å². The molecular formula is C37H30N4O4. The molecule has 8 nitrogen and oxygen atoms in total. The van der Waals surface area contributed by atoms with Crippen LogP contribution in [-0.2, 0) is 20.9 Å². The molecule has 2 amide bonds. The molecule has 4 aromatic carbocycles. The van der Waals surface area contributed by atoms with Crippen LogP contribution in [0.25, 0.3) is 33.8 Å². The number of ether oxygens (including phenoxy) is 2. The molecule has 0 bridgehead atoms. The molecule has 5 aromatic rings. The second-order valence-corrected chi connectivity index (χ2v) is 10.6. The van der Waals surface area contributed by atoms with Gasteiger partial charge in [0.05, 0.1) is 24.5 Å². The van der Waals surface area contributed by atoms with Gasteiger partial charge in [-0.15, -0.1) is 0 Å². The number of hydrogen-bond acceptors (Lipinski definition) is 6. The number of fused-ring (bicyclic) bond motifs is 1. The number of para-hydroxylation sites is 1. The van der Waals surface area contributed by atoms with Crippen molar-refractivity contribution in [1.29, 1.82) is 5.26 Å². The standard InChI is InChI=1S/C37H30N4O4/c1-25-33(36(42)40(19-20-44-2)37(43)34(25)22-38)21-29-23-41(30-12-4-3-5-13-30)39-35(29)27-15-17-31(18-16-27)45-24-28-11-8-10-26-9-6-7-14-32(26)28/h3-18,21,23H,19-20,24H2,1-2H3/b33-21+. The molecule has 1 aliphatic rings. The van der Waals surface area contributed by atoms with Crippen molar-refractivity contribution in [2.24, 2.45) is 0 Å². The van der Waals surface area contributed by atoms with E-state index in [0.29, 0.717) is 29.2 Å². The Kier molecular flexibility index (Phi) is 8.36. The molecule has 6 rings (SSSR count). The van der Waals surface area contributed by atoms with Gasteiger partial charge < -0.3 is 9.47 Å². The van der Waals surface area contributed by atoms with Gasteiger partial charge in [0, 0.05) is 30.0 Å². The van der Waals surface area contributed by atoms with Crippen LogP contribution in [0.15, 0.2) is 120 Å². The van der Waals surface area contributed by atoms with E-state index >= 15 is 0 Å². The average Bonchev–Trinajstić information content (AvgIpc) is 3.50. The predicted molar refractivity (Wildman–Crippen MR) is 172 cm³/mol. The molecule has 0 aliphatic carbocycles. The maximum atomic E-state index is 13.6. The summed E-state index contributed by atoms with van der Waals surface area (Å²) >= 11 is 0. The summed E-state index contributed by atoms with van der Waals surface area (Å²) < 4.78 is 13.0. The summed E-state index contributed by atoms with van der Waals surface area (Å²) in [6.07, 6.45) is 3.54. The largest absolute Gasteiger partial charge is 0.489 e. The van der Waals surface area contributed by atoms with Crippen molar-refractivity contribution in [3.63, 3.8) is 0 Å². The minimum absolute atomic E-state index is 0.0420. The molecule has 1 aliphatic heterocycles. The smallest absolute Gasteiger partial charge is 0.271 e. The zero-order valence-electron chi connectivity index (χ0n) is 24.9. The summed E-state index contributed by atoms with van der Waals surface area (Å²) in [6.45, 7) is 2.25. The summed E-state index contributed by atoms with van der Waals surface area (Å²) in [5.41, 5.74) is 4.56. The normalized spacial score (nSPS) is 14.3. The number of amides is 2. The number of nitrogens with zero attached hydrogens (tertiary/aromatic N) is 4. The molecule has 0 saturated carbocycles. The highest BCUT2D eigenvalue weighted by Gasteiger charge is 2.35. The maximum absolute atomic E-state index is 13.6. The average molecular weight is 595 g/mol. The lowest BCUT2D eigenvalue weighted by Crippen LogP contribution is -2.44. The van der Waals surface area contributed by atoms with Crippen molar-refractivity contribution in [1.82, 2.24) is 14.7 Å². The third-order valence-electron chi connectivity index (χ3n) is 7.81. The fourth-order valence-electron chi connectivity index (χ4n) is 5.39. The molecule has 0 saturated heterocycles. The van der Waals surface area contributed by atoms with Crippen LogP contribution >= 0.6 is 0 Å². The molecular weight excluding hydrogens is 564 g/mol. The van der Waals surface area contributed by atoms with Crippen molar-refractivity contribution in [3.8, 4) is 28.8 Å². The van der Waals surface area contributed by atoms with Crippen molar-refractivity contribution < 1.29 is 19.1 Å². The molecule has 0 atom stereocenters. The summed E-state index contributed by atoms with van der Waals surface area (Å²) in [5.74, 6) is -0.390. The summed E-state index contributed by atoms with van der Waals surface area (Å²) in [7, 11) is 1.49.